The SMILES string of the molecule is CCc1noc(C(C)N2CCN(c3nnc(C)n3CC3CCN(CC(F)(F)F)C3)CC2)n1. The molecule has 0 N–H and O–H groups in total. The summed E-state index contributed by atoms with van der Waals surface area (Å²) >= 11 is 0. The first-order chi connectivity index (χ1) is 15.2. The number of aromatic nitrogens is 5. The van der Waals surface area contributed by atoms with E-state index < -0.39 is 12.7 Å². The van der Waals surface area contributed by atoms with Crippen LogP contribution in [0.1, 0.15) is 43.8 Å². The number of aryl methyl sites for hydroxylation is 2. The molecule has 12 heteroatoms. The maximum atomic E-state index is 12.7. The Morgan fingerprint density at radius 2 is 1.88 bits per heavy atom. The summed E-state index contributed by atoms with van der Waals surface area (Å²) in [5, 5.41) is 12.6. The summed E-state index contributed by atoms with van der Waals surface area (Å²) in [4.78, 5) is 10.5. The van der Waals surface area contributed by atoms with Crippen molar-refractivity contribution in [3.05, 3.63) is 17.5 Å². The lowest BCUT2D eigenvalue weighted by Crippen LogP contribution is -2.48. The predicted molar refractivity (Wildman–Crippen MR) is 111 cm³/mol. The van der Waals surface area contributed by atoms with E-state index in [2.05, 4.69) is 41.6 Å². The molecule has 2 aromatic heterocycles. The van der Waals surface area contributed by atoms with Crippen LogP contribution in [0.2, 0.25) is 0 Å². The highest BCUT2D eigenvalue weighted by Gasteiger charge is 2.35. The number of nitrogens with zero attached hydrogens (tertiary/aromatic N) is 8. The molecule has 2 atom stereocenters. The molecule has 0 amide bonds. The van der Waals surface area contributed by atoms with E-state index in [-0.39, 0.29) is 12.0 Å². The summed E-state index contributed by atoms with van der Waals surface area (Å²) in [7, 11) is 0. The van der Waals surface area contributed by atoms with Gasteiger partial charge in [-0.2, -0.15) is 18.2 Å². The van der Waals surface area contributed by atoms with Gasteiger partial charge >= 0.3 is 6.18 Å². The van der Waals surface area contributed by atoms with Crippen LogP contribution < -0.4 is 4.90 Å². The van der Waals surface area contributed by atoms with Crippen molar-refractivity contribution in [2.24, 2.45) is 5.92 Å². The van der Waals surface area contributed by atoms with Gasteiger partial charge in [0.05, 0.1) is 12.6 Å². The Labute approximate surface area is 185 Å². The first-order valence-corrected chi connectivity index (χ1v) is 11.2. The highest BCUT2D eigenvalue weighted by molar-refractivity contribution is 5.32. The van der Waals surface area contributed by atoms with Gasteiger partial charge in [-0.15, -0.1) is 10.2 Å². The Bertz CT molecular complexity index is 890. The summed E-state index contributed by atoms with van der Waals surface area (Å²) in [5.41, 5.74) is 0. The summed E-state index contributed by atoms with van der Waals surface area (Å²) < 4.78 is 45.6. The number of likely N-dealkylation sites (tertiary alicyclic amines) is 1. The summed E-state index contributed by atoms with van der Waals surface area (Å²) in [6.07, 6.45) is -2.65. The second-order valence-corrected chi connectivity index (χ2v) is 8.76. The Balaban J connectivity index is 1.35. The van der Waals surface area contributed by atoms with E-state index in [0.29, 0.717) is 25.5 Å². The quantitative estimate of drug-likeness (QED) is 0.628. The summed E-state index contributed by atoms with van der Waals surface area (Å²) in [5.74, 6) is 3.12. The van der Waals surface area contributed by atoms with Crippen molar-refractivity contribution in [2.45, 2.75) is 52.4 Å². The minimum atomic E-state index is -4.15. The lowest BCUT2D eigenvalue weighted by atomic mass is 10.1. The Hall–Kier alpha value is -2.21. The van der Waals surface area contributed by atoms with Gasteiger partial charge in [-0.1, -0.05) is 12.1 Å². The molecule has 0 radical (unpaired) electrons. The third kappa shape index (κ3) is 5.22. The zero-order chi connectivity index (χ0) is 22.9. The van der Waals surface area contributed by atoms with Crippen LogP contribution in [0, 0.1) is 12.8 Å². The molecule has 2 aliphatic heterocycles. The average Bonchev–Trinajstić information content (AvgIpc) is 3.48. The van der Waals surface area contributed by atoms with Gasteiger partial charge in [0.1, 0.15) is 5.82 Å². The molecule has 4 heterocycles. The van der Waals surface area contributed by atoms with Gasteiger partial charge in [-0.25, -0.2) is 0 Å². The summed E-state index contributed by atoms with van der Waals surface area (Å²) in [6.45, 7) is 9.90. The standard InChI is InChI=1S/C20H31F3N8O/c1-4-17-24-18(32-27-17)14(2)29-7-9-30(10-8-29)19-26-25-15(3)31(19)12-16-5-6-28(11-16)13-20(21,22)23/h14,16H,4-13H2,1-3H3. The van der Waals surface area contributed by atoms with Crippen LogP contribution in [-0.4, -0.2) is 86.7 Å². The van der Waals surface area contributed by atoms with Gasteiger partial charge in [0, 0.05) is 45.7 Å². The number of piperazine rings is 1. The van der Waals surface area contributed by atoms with Crippen molar-refractivity contribution >= 4 is 5.95 Å². The number of anilines is 1. The molecule has 2 saturated heterocycles. The van der Waals surface area contributed by atoms with Gasteiger partial charge < -0.3 is 9.42 Å². The normalized spacial score (nSPS) is 22.1. The van der Waals surface area contributed by atoms with E-state index in [1.807, 2.05) is 13.8 Å². The van der Waals surface area contributed by atoms with E-state index >= 15 is 0 Å². The molecule has 0 aliphatic carbocycles. The van der Waals surface area contributed by atoms with Crippen molar-refractivity contribution in [1.29, 1.82) is 0 Å². The van der Waals surface area contributed by atoms with Crippen LogP contribution in [0.4, 0.5) is 19.1 Å². The van der Waals surface area contributed by atoms with Gasteiger partial charge in [-0.3, -0.25) is 14.4 Å². The van der Waals surface area contributed by atoms with Crippen LogP contribution in [-0.2, 0) is 13.0 Å². The second kappa shape index (κ2) is 9.34. The molecule has 2 unspecified atom stereocenters. The third-order valence-electron chi connectivity index (χ3n) is 6.43. The molecule has 4 rings (SSSR count). The fraction of sp³-hybridized carbons (Fsp3) is 0.800. The van der Waals surface area contributed by atoms with Crippen molar-refractivity contribution in [1.82, 2.24) is 34.7 Å². The molecule has 2 fully saturated rings. The minimum absolute atomic E-state index is 0.0441. The van der Waals surface area contributed by atoms with Crippen molar-refractivity contribution in [2.75, 3.05) is 50.7 Å². The first kappa shape index (κ1) is 23.0. The van der Waals surface area contributed by atoms with E-state index in [0.717, 1.165) is 56.6 Å². The first-order valence-electron chi connectivity index (χ1n) is 11.2. The lowest BCUT2D eigenvalue weighted by Gasteiger charge is -2.37. The molecule has 2 aromatic rings. The maximum Gasteiger partial charge on any atom is 0.401 e. The Kier molecular flexibility index (Phi) is 6.70. The molecule has 0 bridgehead atoms. The molecule has 0 aromatic carbocycles. The fourth-order valence-electron chi connectivity index (χ4n) is 4.58. The molecule has 9 nitrogen and oxygen atoms in total. The van der Waals surface area contributed by atoms with Crippen LogP contribution in [0.25, 0.3) is 0 Å². The molecule has 178 valence electrons. The molecular weight excluding hydrogens is 425 g/mol. The van der Waals surface area contributed by atoms with Crippen LogP contribution in [0.3, 0.4) is 0 Å². The zero-order valence-corrected chi connectivity index (χ0v) is 18.8. The average molecular weight is 457 g/mol. The van der Waals surface area contributed by atoms with Gasteiger partial charge in [0.2, 0.25) is 11.8 Å². The van der Waals surface area contributed by atoms with Gasteiger partial charge in [0.15, 0.2) is 5.82 Å². The van der Waals surface area contributed by atoms with E-state index in [1.165, 1.54) is 4.90 Å². The highest BCUT2D eigenvalue weighted by Crippen LogP contribution is 2.27. The van der Waals surface area contributed by atoms with Crippen molar-refractivity contribution in [3.63, 3.8) is 0 Å². The second-order valence-electron chi connectivity index (χ2n) is 8.76. The number of hydrogen-bond donors (Lipinski definition) is 0. The monoisotopic (exact) mass is 456 g/mol. The molecule has 2 aliphatic rings. The Morgan fingerprint density at radius 3 is 2.53 bits per heavy atom. The van der Waals surface area contributed by atoms with E-state index in [1.54, 1.807) is 0 Å². The maximum absolute atomic E-state index is 12.7. The van der Waals surface area contributed by atoms with Gasteiger partial charge in [-0.05, 0) is 32.7 Å². The minimum Gasteiger partial charge on any atom is -0.338 e. The fourth-order valence-corrected chi connectivity index (χ4v) is 4.58. The third-order valence-corrected chi connectivity index (χ3v) is 6.43. The Morgan fingerprint density at radius 1 is 1.12 bits per heavy atom. The lowest BCUT2D eigenvalue weighted by molar-refractivity contribution is -0.143. The summed E-state index contributed by atoms with van der Waals surface area (Å²) in [6, 6.07) is 0.0441. The van der Waals surface area contributed by atoms with Crippen LogP contribution >= 0.6 is 0 Å². The van der Waals surface area contributed by atoms with Gasteiger partial charge in [0.25, 0.3) is 0 Å². The molecular formula is C20H31F3N8O. The van der Waals surface area contributed by atoms with Crippen LogP contribution in [0.15, 0.2) is 4.52 Å². The van der Waals surface area contributed by atoms with E-state index in [9.17, 15) is 13.2 Å². The smallest absolute Gasteiger partial charge is 0.338 e. The molecule has 0 saturated carbocycles. The van der Waals surface area contributed by atoms with Crippen LogP contribution in [0.5, 0.6) is 0 Å². The number of halogens is 3. The molecule has 0 spiro atoms. The van der Waals surface area contributed by atoms with Crippen molar-refractivity contribution in [3.8, 4) is 0 Å². The topological polar surface area (TPSA) is 79.4 Å². The number of hydrogen-bond acceptors (Lipinski definition) is 8. The molecule has 32 heavy (non-hydrogen) atoms. The highest BCUT2D eigenvalue weighted by atomic mass is 19.4. The number of rotatable bonds is 7. The zero-order valence-electron chi connectivity index (χ0n) is 18.8. The number of alkyl halides is 3. The van der Waals surface area contributed by atoms with E-state index in [4.69, 9.17) is 4.52 Å². The predicted octanol–water partition coefficient (Wildman–Crippen LogP) is 2.30. The largest absolute Gasteiger partial charge is 0.401 e. The van der Waals surface area contributed by atoms with Crippen molar-refractivity contribution < 1.29 is 17.7 Å².